The van der Waals surface area contributed by atoms with Crippen LogP contribution in [0.4, 0.5) is 11.9 Å². The molecule has 0 fully saturated rings. The van der Waals surface area contributed by atoms with Gasteiger partial charge in [0.05, 0.1) is 0 Å². The van der Waals surface area contributed by atoms with E-state index in [0.29, 0.717) is 12.1 Å². The van der Waals surface area contributed by atoms with Crippen LogP contribution in [0.15, 0.2) is 23.0 Å². The first-order valence-corrected chi connectivity index (χ1v) is 11.8. The van der Waals surface area contributed by atoms with Crippen LogP contribution in [0.3, 0.4) is 0 Å². The molecule has 0 N–H and O–H groups in total. The first-order chi connectivity index (χ1) is 13.4. The molecule has 156 valence electrons. The molecule has 2 aromatic rings. The van der Waals surface area contributed by atoms with Crippen molar-refractivity contribution in [3.05, 3.63) is 12.7 Å². The summed E-state index contributed by atoms with van der Waals surface area (Å²) in [4.78, 5) is 29.4. The molecule has 0 saturated heterocycles. The highest BCUT2D eigenvalue weighted by Gasteiger charge is 2.17. The van der Waals surface area contributed by atoms with Crippen molar-refractivity contribution in [2.75, 3.05) is 35.4 Å². The summed E-state index contributed by atoms with van der Waals surface area (Å²) < 4.78 is 0. The average molecular weight is 425 g/mol. The predicted molar refractivity (Wildman–Crippen MR) is 120 cm³/mol. The van der Waals surface area contributed by atoms with Crippen LogP contribution in [-0.4, -0.2) is 67.6 Å². The molecule has 0 bridgehead atoms. The number of nitrogens with zero attached hydrogens (tertiary/aromatic N) is 8. The molecule has 2 aromatic heterocycles. The average Bonchev–Trinajstić information content (AvgIpc) is 2.69. The zero-order chi connectivity index (χ0) is 21.1. The van der Waals surface area contributed by atoms with Crippen LogP contribution in [-0.2, 0) is 0 Å². The minimum Gasteiger partial charge on any atom is -0.341 e. The van der Waals surface area contributed by atoms with Gasteiger partial charge in [0, 0.05) is 25.2 Å². The van der Waals surface area contributed by atoms with Gasteiger partial charge in [-0.25, -0.2) is 19.9 Å². The van der Waals surface area contributed by atoms with Gasteiger partial charge in [0.15, 0.2) is 10.3 Å². The van der Waals surface area contributed by atoms with Crippen LogP contribution in [0, 0.1) is 0 Å². The van der Waals surface area contributed by atoms with E-state index in [-0.39, 0.29) is 0 Å². The normalized spacial score (nSPS) is 10.6. The fourth-order valence-corrected chi connectivity index (χ4v) is 3.24. The van der Waals surface area contributed by atoms with Gasteiger partial charge in [-0.2, -0.15) is 9.97 Å². The molecule has 0 radical (unpaired) electrons. The highest BCUT2D eigenvalue weighted by Crippen LogP contribution is 2.17. The Morgan fingerprint density at radius 1 is 0.750 bits per heavy atom. The maximum Gasteiger partial charge on any atom is 0.229 e. The van der Waals surface area contributed by atoms with Crippen molar-refractivity contribution >= 4 is 35.4 Å². The molecule has 0 aromatic carbocycles. The second-order valence-corrected chi connectivity index (χ2v) is 7.86. The summed E-state index contributed by atoms with van der Waals surface area (Å²) in [6.07, 6.45) is 7.06. The van der Waals surface area contributed by atoms with Crippen molar-refractivity contribution < 1.29 is 0 Å². The number of anilines is 2. The van der Waals surface area contributed by atoms with Gasteiger partial charge in [0.2, 0.25) is 11.9 Å². The Morgan fingerprint density at radius 3 is 1.57 bits per heavy atom. The van der Waals surface area contributed by atoms with Gasteiger partial charge in [-0.15, -0.1) is 0 Å². The standard InChI is InChI=1S/C10H18N4S.C8H14N4S/c1-7(2)14(8(3)4)9-11-6-12-10(13-9)15-5;1-4-12(5-2)7-9-6-10-8(11-7)13-3/h6-8H,1-5H3;6H,4-5H2,1-3H3. The van der Waals surface area contributed by atoms with Crippen LogP contribution < -0.4 is 9.80 Å². The van der Waals surface area contributed by atoms with E-state index in [0.717, 1.165) is 35.3 Å². The third-order valence-electron chi connectivity index (χ3n) is 3.83. The van der Waals surface area contributed by atoms with E-state index in [4.69, 9.17) is 0 Å². The van der Waals surface area contributed by atoms with E-state index in [9.17, 15) is 0 Å². The smallest absolute Gasteiger partial charge is 0.229 e. The summed E-state index contributed by atoms with van der Waals surface area (Å²) in [7, 11) is 0. The minimum atomic E-state index is 0.391. The maximum absolute atomic E-state index is 4.40. The molecule has 0 amide bonds. The van der Waals surface area contributed by atoms with E-state index in [1.54, 1.807) is 12.7 Å². The third kappa shape index (κ3) is 7.38. The van der Waals surface area contributed by atoms with Crippen LogP contribution in [0.25, 0.3) is 0 Å². The molecule has 8 nitrogen and oxygen atoms in total. The molecule has 0 spiro atoms. The Balaban J connectivity index is 0.000000283. The molecule has 0 unspecified atom stereocenters. The lowest BCUT2D eigenvalue weighted by atomic mass is 10.2. The number of thioether (sulfide) groups is 2. The zero-order valence-corrected chi connectivity index (χ0v) is 19.8. The predicted octanol–water partition coefficient (Wildman–Crippen LogP) is 3.66. The Hall–Kier alpha value is -1.68. The summed E-state index contributed by atoms with van der Waals surface area (Å²) in [6.45, 7) is 14.6. The monoisotopic (exact) mass is 424 g/mol. The Kier molecular flexibility index (Phi) is 11.1. The summed E-state index contributed by atoms with van der Waals surface area (Å²) in [5.74, 6) is 1.53. The van der Waals surface area contributed by atoms with E-state index in [1.165, 1.54) is 23.5 Å². The Morgan fingerprint density at radius 2 is 1.18 bits per heavy atom. The van der Waals surface area contributed by atoms with Crippen LogP contribution >= 0.6 is 23.5 Å². The summed E-state index contributed by atoms with van der Waals surface area (Å²) in [5.41, 5.74) is 0. The number of rotatable bonds is 8. The fraction of sp³-hybridized carbons (Fsp3) is 0.667. The Bertz CT molecular complexity index is 687. The van der Waals surface area contributed by atoms with E-state index in [2.05, 4.69) is 81.2 Å². The van der Waals surface area contributed by atoms with Crippen molar-refractivity contribution in [1.82, 2.24) is 29.9 Å². The van der Waals surface area contributed by atoms with Gasteiger partial charge in [-0.1, -0.05) is 23.5 Å². The highest BCUT2D eigenvalue weighted by atomic mass is 32.2. The lowest BCUT2D eigenvalue weighted by molar-refractivity contribution is 0.584. The summed E-state index contributed by atoms with van der Waals surface area (Å²) in [5, 5.41) is 1.54. The van der Waals surface area contributed by atoms with E-state index < -0.39 is 0 Å². The van der Waals surface area contributed by atoms with E-state index >= 15 is 0 Å². The van der Waals surface area contributed by atoms with Crippen LogP contribution in [0.5, 0.6) is 0 Å². The van der Waals surface area contributed by atoms with Crippen molar-refractivity contribution in [3.63, 3.8) is 0 Å². The van der Waals surface area contributed by atoms with Crippen LogP contribution in [0.1, 0.15) is 41.5 Å². The maximum atomic E-state index is 4.40. The van der Waals surface area contributed by atoms with Crippen LogP contribution in [0.2, 0.25) is 0 Å². The van der Waals surface area contributed by atoms with Crippen molar-refractivity contribution in [2.45, 2.75) is 63.9 Å². The number of hydrogen-bond acceptors (Lipinski definition) is 10. The van der Waals surface area contributed by atoms with Crippen molar-refractivity contribution in [1.29, 1.82) is 0 Å². The second kappa shape index (κ2) is 12.7. The lowest BCUT2D eigenvalue weighted by Crippen LogP contribution is -2.38. The SMILES string of the molecule is CCN(CC)c1ncnc(SC)n1.CSc1ncnc(N(C(C)C)C(C)C)n1. The van der Waals surface area contributed by atoms with E-state index in [1.807, 2.05) is 12.5 Å². The topological polar surface area (TPSA) is 83.8 Å². The molecule has 0 aliphatic rings. The van der Waals surface area contributed by atoms with Gasteiger partial charge in [0.1, 0.15) is 12.7 Å². The lowest BCUT2D eigenvalue weighted by Gasteiger charge is -2.30. The summed E-state index contributed by atoms with van der Waals surface area (Å²) >= 11 is 3.07. The van der Waals surface area contributed by atoms with Gasteiger partial charge in [0.25, 0.3) is 0 Å². The molecule has 0 atom stereocenters. The molecular formula is C18H32N8S2. The third-order valence-corrected chi connectivity index (χ3v) is 4.95. The second-order valence-electron chi connectivity index (χ2n) is 6.31. The molecule has 0 saturated carbocycles. The molecular weight excluding hydrogens is 392 g/mol. The molecule has 2 rings (SSSR count). The first kappa shape index (κ1) is 24.4. The quantitative estimate of drug-likeness (QED) is 0.585. The van der Waals surface area contributed by atoms with Gasteiger partial charge < -0.3 is 9.80 Å². The fourth-order valence-electron chi connectivity index (χ4n) is 2.58. The van der Waals surface area contributed by atoms with Gasteiger partial charge in [-0.05, 0) is 54.1 Å². The molecule has 10 heteroatoms. The van der Waals surface area contributed by atoms with Crippen molar-refractivity contribution in [3.8, 4) is 0 Å². The minimum absolute atomic E-state index is 0.391. The number of aromatic nitrogens is 6. The Labute approximate surface area is 177 Å². The van der Waals surface area contributed by atoms with Crippen molar-refractivity contribution in [2.24, 2.45) is 0 Å². The highest BCUT2D eigenvalue weighted by molar-refractivity contribution is 7.98. The molecule has 28 heavy (non-hydrogen) atoms. The number of hydrogen-bond donors (Lipinski definition) is 0. The molecule has 2 heterocycles. The zero-order valence-electron chi connectivity index (χ0n) is 18.1. The van der Waals surface area contributed by atoms with Gasteiger partial charge >= 0.3 is 0 Å². The largest absolute Gasteiger partial charge is 0.341 e. The molecule has 0 aliphatic carbocycles. The van der Waals surface area contributed by atoms with Gasteiger partial charge in [-0.3, -0.25) is 0 Å². The summed E-state index contributed by atoms with van der Waals surface area (Å²) in [6, 6.07) is 0.782. The molecule has 0 aliphatic heterocycles. The first-order valence-electron chi connectivity index (χ1n) is 9.37.